The molecule has 1 amide bonds. The molecule has 0 atom stereocenters. The largest absolute Gasteiger partial charge is 0.478 e. The summed E-state index contributed by atoms with van der Waals surface area (Å²) in [6.07, 6.45) is 0.0275. The second-order valence-corrected chi connectivity index (χ2v) is 9.21. The minimum atomic E-state index is -3.78. The second kappa shape index (κ2) is 7.03. The molecule has 1 aliphatic heterocycles. The number of amides is 1. The number of nitrogens with zero attached hydrogens (tertiary/aromatic N) is 1. The number of carbonyl (C=O) groups is 2. The quantitative estimate of drug-likeness (QED) is 0.879. The molecular weight excluding hydrogens is 346 g/mol. The lowest BCUT2D eigenvalue weighted by molar-refractivity contribution is 0.0217. The molecule has 0 radical (unpaired) electrons. The van der Waals surface area contributed by atoms with Gasteiger partial charge in [0.25, 0.3) is 0 Å². The third-order valence-electron chi connectivity index (χ3n) is 3.96. The summed E-state index contributed by atoms with van der Waals surface area (Å²) in [5, 5.41) is 8.50. The highest BCUT2D eigenvalue weighted by atomic mass is 32.2. The molecule has 2 rings (SSSR count). The zero-order valence-electron chi connectivity index (χ0n) is 14.6. The van der Waals surface area contributed by atoms with E-state index in [9.17, 15) is 23.1 Å². The molecule has 1 N–H and O–H groups in total. The molecule has 1 aromatic rings. The average Bonchev–Trinajstić information content (AvgIpc) is 2.53. The molecular formula is C17H23NO6S. The van der Waals surface area contributed by atoms with Crippen molar-refractivity contribution in [3.05, 3.63) is 29.8 Å². The number of aromatic carboxylic acids is 1. The first-order valence-electron chi connectivity index (χ1n) is 8.06. The highest BCUT2D eigenvalue weighted by Crippen LogP contribution is 2.27. The molecule has 1 heterocycles. The lowest BCUT2D eigenvalue weighted by Gasteiger charge is -2.33. The predicted octanol–water partition coefficient (Wildman–Crippen LogP) is 2.56. The Morgan fingerprint density at radius 3 is 2.24 bits per heavy atom. The fourth-order valence-corrected chi connectivity index (χ4v) is 4.67. The number of piperidine rings is 1. The van der Waals surface area contributed by atoms with Gasteiger partial charge in [0.15, 0.2) is 9.84 Å². The molecule has 0 aromatic heterocycles. The van der Waals surface area contributed by atoms with Gasteiger partial charge in [-0.25, -0.2) is 18.0 Å². The summed E-state index contributed by atoms with van der Waals surface area (Å²) < 4.78 is 30.9. The zero-order valence-corrected chi connectivity index (χ0v) is 15.4. The van der Waals surface area contributed by atoms with Gasteiger partial charge in [-0.3, -0.25) is 0 Å². The van der Waals surface area contributed by atoms with Gasteiger partial charge in [0.1, 0.15) is 5.60 Å². The molecule has 0 aliphatic carbocycles. The zero-order chi connectivity index (χ0) is 18.8. The molecule has 25 heavy (non-hydrogen) atoms. The smallest absolute Gasteiger partial charge is 0.410 e. The van der Waals surface area contributed by atoms with Gasteiger partial charge in [0.2, 0.25) is 0 Å². The molecule has 1 aliphatic rings. The number of hydrogen-bond acceptors (Lipinski definition) is 5. The topological polar surface area (TPSA) is 101 Å². The first-order valence-corrected chi connectivity index (χ1v) is 9.61. The number of benzene rings is 1. The van der Waals surface area contributed by atoms with Crippen LogP contribution in [-0.4, -0.2) is 54.4 Å². The Bertz CT molecular complexity index is 758. The van der Waals surface area contributed by atoms with Gasteiger partial charge in [-0.15, -0.1) is 0 Å². The van der Waals surface area contributed by atoms with Crippen molar-refractivity contribution >= 4 is 21.9 Å². The third-order valence-corrected chi connectivity index (χ3v) is 6.27. The van der Waals surface area contributed by atoms with Crippen LogP contribution >= 0.6 is 0 Å². The van der Waals surface area contributed by atoms with Gasteiger partial charge in [-0.05, 0) is 45.7 Å². The van der Waals surface area contributed by atoms with Gasteiger partial charge >= 0.3 is 12.1 Å². The number of hydrogen-bond donors (Lipinski definition) is 1. The average molecular weight is 369 g/mol. The van der Waals surface area contributed by atoms with E-state index in [0.717, 1.165) is 0 Å². The highest BCUT2D eigenvalue weighted by Gasteiger charge is 2.35. The van der Waals surface area contributed by atoms with Gasteiger partial charge in [-0.2, -0.15) is 0 Å². The Kier molecular flexibility index (Phi) is 5.41. The molecule has 0 saturated carbocycles. The molecule has 0 spiro atoms. The van der Waals surface area contributed by atoms with E-state index in [2.05, 4.69) is 0 Å². The Hall–Kier alpha value is -2.09. The van der Waals surface area contributed by atoms with Crippen molar-refractivity contribution in [3.63, 3.8) is 0 Å². The van der Waals surface area contributed by atoms with Crippen molar-refractivity contribution in [2.24, 2.45) is 0 Å². The molecule has 1 saturated heterocycles. The molecule has 1 fully saturated rings. The fourth-order valence-electron chi connectivity index (χ4n) is 2.75. The van der Waals surface area contributed by atoms with Gasteiger partial charge in [0, 0.05) is 13.1 Å². The van der Waals surface area contributed by atoms with Crippen LogP contribution < -0.4 is 0 Å². The minimum Gasteiger partial charge on any atom is -0.478 e. The summed E-state index contributed by atoms with van der Waals surface area (Å²) in [4.78, 5) is 24.7. The number of likely N-dealkylation sites (tertiary alicyclic amines) is 1. The second-order valence-electron chi connectivity index (χ2n) is 7.01. The van der Waals surface area contributed by atoms with Crippen LogP contribution in [0.15, 0.2) is 29.2 Å². The van der Waals surface area contributed by atoms with Crippen LogP contribution in [0.3, 0.4) is 0 Å². The normalized spacial score (nSPS) is 16.5. The maximum Gasteiger partial charge on any atom is 0.410 e. The monoisotopic (exact) mass is 369 g/mol. The van der Waals surface area contributed by atoms with E-state index in [0.29, 0.717) is 0 Å². The van der Waals surface area contributed by atoms with Crippen molar-refractivity contribution in [3.8, 4) is 0 Å². The Balaban J connectivity index is 2.12. The van der Waals surface area contributed by atoms with Crippen LogP contribution in [0.25, 0.3) is 0 Å². The van der Waals surface area contributed by atoms with Crippen molar-refractivity contribution < 1.29 is 27.9 Å². The van der Waals surface area contributed by atoms with Gasteiger partial charge in [0.05, 0.1) is 15.7 Å². The number of ether oxygens (including phenoxy) is 1. The van der Waals surface area contributed by atoms with Crippen LogP contribution in [-0.2, 0) is 14.6 Å². The van der Waals surface area contributed by atoms with E-state index in [-0.39, 0.29) is 36.4 Å². The van der Waals surface area contributed by atoms with Crippen LogP contribution in [0.4, 0.5) is 4.79 Å². The maximum absolute atomic E-state index is 12.8. The minimum absolute atomic E-state index is 0.168. The van der Waals surface area contributed by atoms with Crippen LogP contribution in [0.5, 0.6) is 0 Å². The SMILES string of the molecule is CC(C)(C)OC(=O)N1CCC(S(=O)(=O)c2ccccc2C(=O)O)CC1. The standard InChI is InChI=1S/C17H23NO6S/c1-17(2,3)24-16(21)18-10-8-12(9-11-18)25(22,23)14-7-5-4-6-13(14)15(19)20/h4-7,12H,8-11H2,1-3H3,(H,19,20). The summed E-state index contributed by atoms with van der Waals surface area (Å²) in [5.41, 5.74) is -0.836. The molecule has 0 unspecified atom stereocenters. The van der Waals surface area contributed by atoms with E-state index in [1.165, 1.54) is 29.2 Å². The predicted molar refractivity (Wildman–Crippen MR) is 91.4 cm³/mol. The first kappa shape index (κ1) is 19.2. The highest BCUT2D eigenvalue weighted by molar-refractivity contribution is 7.92. The number of sulfone groups is 1. The van der Waals surface area contributed by atoms with Crippen molar-refractivity contribution in [2.45, 2.75) is 49.4 Å². The van der Waals surface area contributed by atoms with E-state index >= 15 is 0 Å². The Morgan fingerprint density at radius 2 is 1.72 bits per heavy atom. The van der Waals surface area contributed by atoms with Crippen molar-refractivity contribution in [1.82, 2.24) is 4.90 Å². The summed E-state index contributed by atoms with van der Waals surface area (Å²) >= 11 is 0. The van der Waals surface area contributed by atoms with E-state index in [1.807, 2.05) is 0 Å². The molecule has 138 valence electrons. The van der Waals surface area contributed by atoms with Crippen LogP contribution in [0.1, 0.15) is 44.0 Å². The maximum atomic E-state index is 12.8. The van der Waals surface area contributed by atoms with E-state index in [1.54, 1.807) is 20.8 Å². The molecule has 1 aromatic carbocycles. The Labute approximate surface area is 147 Å². The Morgan fingerprint density at radius 1 is 1.16 bits per heavy atom. The number of carboxylic acids is 1. The summed E-state index contributed by atoms with van der Waals surface area (Å²) in [7, 11) is -3.78. The van der Waals surface area contributed by atoms with E-state index in [4.69, 9.17) is 4.74 Å². The third kappa shape index (κ3) is 4.50. The first-order chi connectivity index (χ1) is 11.5. The number of carbonyl (C=O) groups excluding carboxylic acids is 1. The van der Waals surface area contributed by atoms with E-state index < -0.39 is 32.8 Å². The van der Waals surface area contributed by atoms with Gasteiger partial charge < -0.3 is 14.7 Å². The number of rotatable bonds is 3. The summed E-state index contributed by atoms with van der Waals surface area (Å²) in [6.45, 7) is 5.82. The van der Waals surface area contributed by atoms with Crippen LogP contribution in [0.2, 0.25) is 0 Å². The van der Waals surface area contributed by atoms with Crippen molar-refractivity contribution in [1.29, 1.82) is 0 Å². The molecule has 8 heteroatoms. The van der Waals surface area contributed by atoms with Crippen molar-refractivity contribution in [2.75, 3.05) is 13.1 Å². The van der Waals surface area contributed by atoms with Gasteiger partial charge in [-0.1, -0.05) is 12.1 Å². The molecule has 0 bridgehead atoms. The van der Waals surface area contributed by atoms with Crippen LogP contribution in [0, 0.1) is 0 Å². The summed E-state index contributed by atoms with van der Waals surface area (Å²) in [5.74, 6) is -1.27. The fraction of sp³-hybridized carbons (Fsp3) is 0.529. The lowest BCUT2D eigenvalue weighted by atomic mass is 10.1. The number of carboxylic acid groups (broad SMARTS) is 1. The lowest BCUT2D eigenvalue weighted by Crippen LogP contribution is -2.44. The molecule has 7 nitrogen and oxygen atoms in total. The summed E-state index contributed by atoms with van der Waals surface area (Å²) in [6, 6.07) is 5.60.